The number of esters is 1. The third-order valence-electron chi connectivity index (χ3n) is 4.49. The number of carbonyl (C=O) groups excluding carboxylic acids is 3. The van der Waals surface area contributed by atoms with Gasteiger partial charge >= 0.3 is 5.97 Å². The number of hydrogen-bond acceptors (Lipinski definition) is 5. The average molecular weight is 386 g/mol. The van der Waals surface area contributed by atoms with E-state index in [1.807, 2.05) is 33.9 Å². The van der Waals surface area contributed by atoms with Crippen LogP contribution in [0.15, 0.2) is 41.1 Å². The van der Waals surface area contributed by atoms with Gasteiger partial charge in [0.25, 0.3) is 5.91 Å². The standard InChI is InChI=1S/C20H22N2O4S/c1-21(11-16-8-10-27-14-16)19(24)13-26-20(25)17-6-4-15(5-7-17)12-22-9-2-3-18(22)23/h4-8,10,14H,2-3,9,11-13H2,1H3. The van der Waals surface area contributed by atoms with Gasteiger partial charge in [-0.3, -0.25) is 9.59 Å². The first-order valence-electron chi connectivity index (χ1n) is 8.82. The Balaban J connectivity index is 1.47. The van der Waals surface area contributed by atoms with Crippen molar-refractivity contribution in [1.29, 1.82) is 0 Å². The molecule has 3 rings (SSSR count). The van der Waals surface area contributed by atoms with Crippen LogP contribution in [0.5, 0.6) is 0 Å². The van der Waals surface area contributed by atoms with E-state index in [-0.39, 0.29) is 18.4 Å². The largest absolute Gasteiger partial charge is 0.452 e. The molecular weight excluding hydrogens is 364 g/mol. The molecule has 27 heavy (non-hydrogen) atoms. The van der Waals surface area contributed by atoms with Crippen LogP contribution >= 0.6 is 11.3 Å². The van der Waals surface area contributed by atoms with Gasteiger partial charge in [0.1, 0.15) is 0 Å². The van der Waals surface area contributed by atoms with Crippen molar-refractivity contribution in [3.63, 3.8) is 0 Å². The Bertz CT molecular complexity index is 802. The van der Waals surface area contributed by atoms with Crippen LogP contribution in [0.4, 0.5) is 0 Å². The Morgan fingerprint density at radius 1 is 1.19 bits per heavy atom. The fourth-order valence-corrected chi connectivity index (χ4v) is 3.56. The number of thiophene rings is 1. The van der Waals surface area contributed by atoms with E-state index in [1.54, 1.807) is 30.5 Å². The number of benzene rings is 1. The second kappa shape index (κ2) is 8.81. The molecule has 0 saturated carbocycles. The number of likely N-dealkylation sites (tertiary alicyclic amines) is 1. The first kappa shape index (κ1) is 19.1. The summed E-state index contributed by atoms with van der Waals surface area (Å²) in [6.45, 7) is 1.54. The van der Waals surface area contributed by atoms with Gasteiger partial charge in [0, 0.05) is 33.1 Å². The highest BCUT2D eigenvalue weighted by Crippen LogP contribution is 2.15. The number of hydrogen-bond donors (Lipinski definition) is 0. The van der Waals surface area contributed by atoms with Gasteiger partial charge in [-0.1, -0.05) is 12.1 Å². The first-order valence-corrected chi connectivity index (χ1v) is 9.76. The van der Waals surface area contributed by atoms with Gasteiger partial charge in [-0.15, -0.1) is 0 Å². The molecule has 0 bridgehead atoms. The second-order valence-electron chi connectivity index (χ2n) is 6.57. The van der Waals surface area contributed by atoms with E-state index >= 15 is 0 Å². The summed E-state index contributed by atoms with van der Waals surface area (Å²) < 4.78 is 5.13. The van der Waals surface area contributed by atoms with Gasteiger partial charge in [-0.05, 0) is 46.5 Å². The van der Waals surface area contributed by atoms with Crippen LogP contribution in [-0.4, -0.2) is 47.8 Å². The van der Waals surface area contributed by atoms with Gasteiger partial charge < -0.3 is 14.5 Å². The van der Waals surface area contributed by atoms with E-state index in [2.05, 4.69) is 0 Å². The minimum absolute atomic E-state index is 0.170. The van der Waals surface area contributed by atoms with Crippen LogP contribution in [0.1, 0.15) is 34.3 Å². The van der Waals surface area contributed by atoms with Crippen molar-refractivity contribution in [2.24, 2.45) is 0 Å². The zero-order chi connectivity index (χ0) is 19.2. The predicted molar refractivity (Wildman–Crippen MR) is 102 cm³/mol. The number of amides is 2. The van der Waals surface area contributed by atoms with Crippen molar-refractivity contribution in [1.82, 2.24) is 9.80 Å². The summed E-state index contributed by atoms with van der Waals surface area (Å²) in [5.74, 6) is -0.613. The Kier molecular flexibility index (Phi) is 6.24. The van der Waals surface area contributed by atoms with Crippen molar-refractivity contribution >= 4 is 29.1 Å². The minimum atomic E-state index is -0.531. The van der Waals surface area contributed by atoms with Crippen molar-refractivity contribution < 1.29 is 19.1 Å². The molecule has 1 aromatic carbocycles. The molecule has 2 heterocycles. The van der Waals surface area contributed by atoms with Crippen LogP contribution in [0.3, 0.4) is 0 Å². The number of nitrogens with zero attached hydrogens (tertiary/aromatic N) is 2. The summed E-state index contributed by atoms with van der Waals surface area (Å²) in [6.07, 6.45) is 1.51. The van der Waals surface area contributed by atoms with Crippen LogP contribution in [0.25, 0.3) is 0 Å². The van der Waals surface area contributed by atoms with Crippen LogP contribution in [0.2, 0.25) is 0 Å². The van der Waals surface area contributed by atoms with E-state index in [9.17, 15) is 14.4 Å². The summed E-state index contributed by atoms with van der Waals surface area (Å²) in [5, 5.41) is 3.93. The van der Waals surface area contributed by atoms with Crippen LogP contribution < -0.4 is 0 Å². The van der Waals surface area contributed by atoms with Gasteiger partial charge in [-0.2, -0.15) is 11.3 Å². The van der Waals surface area contributed by atoms with E-state index in [0.717, 1.165) is 24.1 Å². The molecular formula is C20H22N2O4S. The van der Waals surface area contributed by atoms with E-state index in [4.69, 9.17) is 4.74 Å². The smallest absolute Gasteiger partial charge is 0.338 e. The quantitative estimate of drug-likeness (QED) is 0.686. The summed E-state index contributed by atoms with van der Waals surface area (Å²) in [6, 6.07) is 8.91. The zero-order valence-corrected chi connectivity index (χ0v) is 16.0. The second-order valence-corrected chi connectivity index (χ2v) is 7.35. The topological polar surface area (TPSA) is 66.9 Å². The fraction of sp³-hybridized carbons (Fsp3) is 0.350. The highest BCUT2D eigenvalue weighted by atomic mass is 32.1. The van der Waals surface area contributed by atoms with Crippen LogP contribution in [0, 0.1) is 0 Å². The minimum Gasteiger partial charge on any atom is -0.452 e. The molecule has 0 aliphatic carbocycles. The van der Waals surface area contributed by atoms with Crippen LogP contribution in [-0.2, 0) is 27.4 Å². The summed E-state index contributed by atoms with van der Waals surface area (Å²) in [7, 11) is 1.68. The number of carbonyl (C=O) groups is 3. The molecule has 7 heteroatoms. The highest BCUT2D eigenvalue weighted by Gasteiger charge is 2.20. The molecule has 2 amide bonds. The summed E-state index contributed by atoms with van der Waals surface area (Å²) in [5.41, 5.74) is 2.41. The van der Waals surface area contributed by atoms with Crippen molar-refractivity contribution in [3.8, 4) is 0 Å². The Morgan fingerprint density at radius 2 is 1.96 bits per heavy atom. The monoisotopic (exact) mass is 386 g/mol. The SMILES string of the molecule is CN(Cc1ccsc1)C(=O)COC(=O)c1ccc(CN2CCCC2=O)cc1. The number of rotatable bonds is 7. The molecule has 0 N–H and O–H groups in total. The molecule has 0 spiro atoms. The van der Waals surface area contributed by atoms with E-state index < -0.39 is 5.97 Å². The lowest BCUT2D eigenvalue weighted by Gasteiger charge is -2.17. The third-order valence-corrected chi connectivity index (χ3v) is 5.22. The molecule has 1 saturated heterocycles. The number of ether oxygens (including phenoxy) is 1. The lowest BCUT2D eigenvalue weighted by atomic mass is 10.1. The maximum absolute atomic E-state index is 12.1. The third kappa shape index (κ3) is 5.17. The normalized spacial score (nSPS) is 13.7. The predicted octanol–water partition coefficient (Wildman–Crippen LogP) is 2.69. The highest BCUT2D eigenvalue weighted by molar-refractivity contribution is 7.07. The van der Waals surface area contributed by atoms with Gasteiger partial charge in [-0.25, -0.2) is 4.79 Å². The molecule has 0 unspecified atom stereocenters. The molecule has 2 aromatic rings. The maximum Gasteiger partial charge on any atom is 0.338 e. The average Bonchev–Trinajstić information content (AvgIpc) is 3.32. The Hall–Kier alpha value is -2.67. The molecule has 0 radical (unpaired) electrons. The van der Waals surface area contributed by atoms with Crippen molar-refractivity contribution in [2.75, 3.05) is 20.2 Å². The molecule has 1 aliphatic heterocycles. The molecule has 1 aliphatic rings. The van der Waals surface area contributed by atoms with E-state index in [0.29, 0.717) is 25.1 Å². The van der Waals surface area contributed by atoms with Crippen molar-refractivity contribution in [2.45, 2.75) is 25.9 Å². The Labute approximate surface area is 162 Å². The number of likely N-dealkylation sites (N-methyl/N-ethyl adjacent to an activating group) is 1. The lowest BCUT2D eigenvalue weighted by molar-refractivity contribution is -0.133. The molecule has 142 valence electrons. The van der Waals surface area contributed by atoms with Gasteiger partial charge in [0.2, 0.25) is 5.91 Å². The Morgan fingerprint density at radius 3 is 2.59 bits per heavy atom. The zero-order valence-electron chi connectivity index (χ0n) is 15.2. The maximum atomic E-state index is 12.1. The fourth-order valence-electron chi connectivity index (χ4n) is 2.90. The van der Waals surface area contributed by atoms with E-state index in [1.165, 1.54) is 4.90 Å². The van der Waals surface area contributed by atoms with Crippen molar-refractivity contribution in [3.05, 3.63) is 57.8 Å². The van der Waals surface area contributed by atoms with Gasteiger partial charge in [0.05, 0.1) is 5.56 Å². The summed E-state index contributed by atoms with van der Waals surface area (Å²) in [4.78, 5) is 39.3. The van der Waals surface area contributed by atoms with Gasteiger partial charge in [0.15, 0.2) is 6.61 Å². The molecule has 6 nitrogen and oxygen atoms in total. The first-order chi connectivity index (χ1) is 13.0. The summed E-state index contributed by atoms with van der Waals surface area (Å²) >= 11 is 1.57. The molecule has 1 fully saturated rings. The molecule has 0 atom stereocenters. The lowest BCUT2D eigenvalue weighted by Crippen LogP contribution is -2.30. The molecule has 1 aromatic heterocycles.